The third kappa shape index (κ3) is 0.958. The van der Waals surface area contributed by atoms with Crippen molar-refractivity contribution < 1.29 is 4.39 Å². The fourth-order valence-electron chi connectivity index (χ4n) is 1.44. The van der Waals surface area contributed by atoms with E-state index < -0.39 is 0 Å². The molecular weight excluding hydrogens is 159 g/mol. The van der Waals surface area contributed by atoms with E-state index >= 15 is 0 Å². The first-order valence-corrected chi connectivity index (χ1v) is 3.70. The van der Waals surface area contributed by atoms with Crippen LogP contribution in [0.1, 0.15) is 5.56 Å². The molecule has 1 aliphatic heterocycles. The SMILES string of the molecule is O=NN1CCc2cc(F)ccc21. The molecule has 2 rings (SSSR count). The van der Waals surface area contributed by atoms with Gasteiger partial charge >= 0.3 is 0 Å². The number of hydrogen-bond acceptors (Lipinski definition) is 2. The minimum absolute atomic E-state index is 0.263. The number of halogens is 1. The van der Waals surface area contributed by atoms with Gasteiger partial charge < -0.3 is 0 Å². The summed E-state index contributed by atoms with van der Waals surface area (Å²) in [7, 11) is 0. The second-order valence-corrected chi connectivity index (χ2v) is 2.73. The number of nitrogens with zero attached hydrogens (tertiary/aromatic N) is 2. The zero-order chi connectivity index (χ0) is 8.55. The maximum atomic E-state index is 12.7. The van der Waals surface area contributed by atoms with Crippen LogP contribution in [0.5, 0.6) is 0 Å². The number of nitroso groups, excluding NO2 is 1. The third-order valence-corrected chi connectivity index (χ3v) is 2.01. The van der Waals surface area contributed by atoms with Gasteiger partial charge in [0.15, 0.2) is 0 Å². The lowest BCUT2D eigenvalue weighted by Gasteiger charge is -2.06. The zero-order valence-corrected chi connectivity index (χ0v) is 6.33. The highest BCUT2D eigenvalue weighted by atomic mass is 19.1. The van der Waals surface area contributed by atoms with Gasteiger partial charge in [-0.3, -0.25) is 0 Å². The molecule has 12 heavy (non-hydrogen) atoms. The lowest BCUT2D eigenvalue weighted by molar-refractivity contribution is 0.626. The summed E-state index contributed by atoms with van der Waals surface area (Å²) < 4.78 is 12.7. The number of rotatable bonds is 1. The minimum Gasteiger partial charge on any atom is -0.229 e. The van der Waals surface area contributed by atoms with E-state index in [1.165, 1.54) is 17.1 Å². The number of anilines is 1. The highest BCUT2D eigenvalue weighted by molar-refractivity contribution is 5.57. The highest BCUT2D eigenvalue weighted by Crippen LogP contribution is 2.28. The van der Waals surface area contributed by atoms with Gasteiger partial charge in [-0.25, -0.2) is 9.40 Å². The van der Waals surface area contributed by atoms with Gasteiger partial charge in [0.1, 0.15) is 5.82 Å². The highest BCUT2D eigenvalue weighted by Gasteiger charge is 2.19. The summed E-state index contributed by atoms with van der Waals surface area (Å²) in [6, 6.07) is 4.36. The Morgan fingerprint density at radius 3 is 3.08 bits per heavy atom. The fourth-order valence-corrected chi connectivity index (χ4v) is 1.44. The van der Waals surface area contributed by atoms with Gasteiger partial charge in [-0.05, 0) is 30.2 Å². The Morgan fingerprint density at radius 2 is 2.33 bits per heavy atom. The van der Waals surface area contributed by atoms with E-state index in [2.05, 4.69) is 5.29 Å². The summed E-state index contributed by atoms with van der Waals surface area (Å²) in [5.41, 5.74) is 1.58. The van der Waals surface area contributed by atoms with E-state index in [0.29, 0.717) is 13.0 Å². The quantitative estimate of drug-likeness (QED) is 0.596. The third-order valence-electron chi connectivity index (χ3n) is 2.01. The second-order valence-electron chi connectivity index (χ2n) is 2.73. The smallest absolute Gasteiger partial charge is 0.123 e. The molecule has 0 spiro atoms. The van der Waals surface area contributed by atoms with E-state index in [-0.39, 0.29) is 5.82 Å². The molecule has 0 unspecified atom stereocenters. The van der Waals surface area contributed by atoms with Crippen LogP contribution in [-0.2, 0) is 6.42 Å². The summed E-state index contributed by atoms with van der Waals surface area (Å²) >= 11 is 0. The molecule has 1 aromatic carbocycles. The molecule has 0 amide bonds. The Bertz CT molecular complexity index is 327. The Balaban J connectivity index is 2.47. The van der Waals surface area contributed by atoms with Crippen molar-refractivity contribution in [1.82, 2.24) is 0 Å². The summed E-state index contributed by atoms with van der Waals surface area (Å²) in [6.07, 6.45) is 0.693. The van der Waals surface area contributed by atoms with Crippen LogP contribution in [0.25, 0.3) is 0 Å². The summed E-state index contributed by atoms with van der Waals surface area (Å²) in [6.45, 7) is 0.558. The number of benzene rings is 1. The predicted molar refractivity (Wildman–Crippen MR) is 43.2 cm³/mol. The van der Waals surface area contributed by atoms with Crippen molar-refractivity contribution in [3.63, 3.8) is 0 Å². The molecule has 0 aliphatic carbocycles. The van der Waals surface area contributed by atoms with E-state index in [4.69, 9.17) is 0 Å². The van der Waals surface area contributed by atoms with Gasteiger partial charge in [-0.15, -0.1) is 4.91 Å². The Hall–Kier alpha value is -1.45. The van der Waals surface area contributed by atoms with Crippen LogP contribution in [0.3, 0.4) is 0 Å². The normalized spacial score (nSPS) is 14.6. The zero-order valence-electron chi connectivity index (χ0n) is 6.33. The molecule has 0 bridgehead atoms. The average Bonchev–Trinajstić information content (AvgIpc) is 2.46. The van der Waals surface area contributed by atoms with Crippen LogP contribution < -0.4 is 5.01 Å². The van der Waals surface area contributed by atoms with E-state index in [1.807, 2.05) is 0 Å². The molecule has 0 fully saturated rings. The maximum absolute atomic E-state index is 12.7. The standard InChI is InChI=1S/C8H7FN2O/c9-7-1-2-8-6(5-7)3-4-11(8)10-12/h1-2,5H,3-4H2. The minimum atomic E-state index is -0.263. The summed E-state index contributed by atoms with van der Waals surface area (Å²) in [5, 5.41) is 4.16. The molecule has 62 valence electrons. The topological polar surface area (TPSA) is 32.7 Å². The molecule has 0 N–H and O–H groups in total. The Kier molecular flexibility index (Phi) is 1.53. The van der Waals surface area contributed by atoms with Crippen molar-refractivity contribution in [2.75, 3.05) is 11.6 Å². The largest absolute Gasteiger partial charge is 0.229 e. The van der Waals surface area contributed by atoms with Crippen LogP contribution >= 0.6 is 0 Å². The van der Waals surface area contributed by atoms with E-state index in [1.54, 1.807) is 6.07 Å². The van der Waals surface area contributed by atoms with Gasteiger partial charge in [0, 0.05) is 6.54 Å². The number of hydrogen-bond donors (Lipinski definition) is 0. The molecule has 0 saturated heterocycles. The second kappa shape index (κ2) is 2.55. The Morgan fingerprint density at radius 1 is 1.50 bits per heavy atom. The van der Waals surface area contributed by atoms with Crippen molar-refractivity contribution in [3.8, 4) is 0 Å². The molecule has 0 atom stereocenters. The van der Waals surface area contributed by atoms with Gasteiger partial charge in [-0.2, -0.15) is 0 Å². The van der Waals surface area contributed by atoms with Crippen molar-refractivity contribution >= 4 is 5.69 Å². The van der Waals surface area contributed by atoms with Crippen LogP contribution in [-0.4, -0.2) is 6.54 Å². The van der Waals surface area contributed by atoms with E-state index in [9.17, 15) is 9.30 Å². The Labute approximate surface area is 68.7 Å². The molecule has 1 heterocycles. The summed E-state index contributed by atoms with van der Waals surface area (Å²) in [5.74, 6) is -0.263. The molecule has 1 aliphatic rings. The predicted octanol–water partition coefficient (Wildman–Crippen LogP) is 1.87. The van der Waals surface area contributed by atoms with Crippen molar-refractivity contribution in [2.24, 2.45) is 5.29 Å². The van der Waals surface area contributed by atoms with Crippen LogP contribution in [0, 0.1) is 10.7 Å². The molecule has 0 saturated carbocycles. The lowest BCUT2D eigenvalue weighted by Crippen LogP contribution is -2.10. The van der Waals surface area contributed by atoms with Gasteiger partial charge in [-0.1, -0.05) is 0 Å². The maximum Gasteiger partial charge on any atom is 0.123 e. The molecule has 1 aromatic rings. The molecule has 4 heteroatoms. The molecule has 0 aromatic heterocycles. The van der Waals surface area contributed by atoms with Crippen molar-refractivity contribution in [1.29, 1.82) is 0 Å². The van der Waals surface area contributed by atoms with Crippen LogP contribution in [0.15, 0.2) is 23.5 Å². The molecule has 3 nitrogen and oxygen atoms in total. The fraction of sp³-hybridized carbons (Fsp3) is 0.250. The van der Waals surface area contributed by atoms with Gasteiger partial charge in [0.25, 0.3) is 0 Å². The monoisotopic (exact) mass is 166 g/mol. The van der Waals surface area contributed by atoms with Crippen molar-refractivity contribution in [2.45, 2.75) is 6.42 Å². The first-order chi connectivity index (χ1) is 5.81. The van der Waals surface area contributed by atoms with Crippen LogP contribution in [0.4, 0.5) is 10.1 Å². The van der Waals surface area contributed by atoms with E-state index in [0.717, 1.165) is 11.3 Å². The first kappa shape index (κ1) is 7.21. The van der Waals surface area contributed by atoms with Gasteiger partial charge in [0.05, 0.1) is 11.0 Å². The molecular formula is C8H7FN2O. The van der Waals surface area contributed by atoms with Crippen molar-refractivity contribution in [3.05, 3.63) is 34.5 Å². The molecule has 0 radical (unpaired) electrons. The lowest BCUT2D eigenvalue weighted by atomic mass is 10.2. The first-order valence-electron chi connectivity index (χ1n) is 3.70. The average molecular weight is 166 g/mol. The van der Waals surface area contributed by atoms with Crippen LogP contribution in [0.2, 0.25) is 0 Å². The summed E-state index contributed by atoms with van der Waals surface area (Å²) in [4.78, 5) is 10.2. The number of fused-ring (bicyclic) bond motifs is 1. The van der Waals surface area contributed by atoms with Gasteiger partial charge in [0.2, 0.25) is 0 Å².